The smallest absolute Gasteiger partial charge is 0.241 e. The molecule has 0 atom stereocenters. The molecule has 0 amide bonds. The molecule has 1 aromatic carbocycles. The van der Waals surface area contributed by atoms with E-state index in [-0.39, 0.29) is 10.8 Å². The van der Waals surface area contributed by atoms with Gasteiger partial charge in [0.25, 0.3) is 0 Å². The lowest BCUT2D eigenvalue weighted by Gasteiger charge is -2.15. The van der Waals surface area contributed by atoms with Gasteiger partial charge < -0.3 is 4.74 Å². The summed E-state index contributed by atoms with van der Waals surface area (Å²) in [5.74, 6) is 0.572. The van der Waals surface area contributed by atoms with Crippen molar-refractivity contribution < 1.29 is 13.2 Å². The number of rotatable bonds is 4. The molecule has 5 heteroatoms. The molecule has 0 aliphatic carbocycles. The highest BCUT2D eigenvalue weighted by Gasteiger charge is 2.18. The van der Waals surface area contributed by atoms with E-state index in [1.54, 1.807) is 19.1 Å². The van der Waals surface area contributed by atoms with Crippen molar-refractivity contribution in [3.63, 3.8) is 0 Å². The van der Waals surface area contributed by atoms with Gasteiger partial charge in [-0.25, -0.2) is 13.6 Å². The molecule has 0 fully saturated rings. The average Bonchev–Trinajstić information content (AvgIpc) is 2.15. The Balaban J connectivity index is 3.48. The lowest BCUT2D eigenvalue weighted by molar-refractivity contribution is 0.330. The normalized spacial score (nSPS) is 11.9. The molecule has 2 N–H and O–H groups in total. The van der Waals surface area contributed by atoms with E-state index in [0.29, 0.717) is 12.4 Å². The second-order valence-electron chi connectivity index (χ2n) is 4.29. The number of hydrogen-bond acceptors (Lipinski definition) is 3. The Morgan fingerprint density at radius 3 is 2.35 bits per heavy atom. The van der Waals surface area contributed by atoms with E-state index < -0.39 is 10.0 Å². The first kappa shape index (κ1) is 14.0. The van der Waals surface area contributed by atoms with Crippen LogP contribution in [0.3, 0.4) is 0 Å². The summed E-state index contributed by atoms with van der Waals surface area (Å²) in [5.41, 5.74) is 1.98. The molecule has 0 aliphatic heterocycles. The fourth-order valence-corrected chi connectivity index (χ4v) is 2.48. The maximum Gasteiger partial charge on any atom is 0.241 e. The summed E-state index contributed by atoms with van der Waals surface area (Å²) in [5, 5.41) is 5.20. The standard InChI is InChI=1S/C12H19NO3S/c1-5-16-11-6-9(4)10(8(2)3)7-12(11)17(13,14)15/h6-8H,5H2,1-4H3,(H2,13,14,15). The van der Waals surface area contributed by atoms with Crippen molar-refractivity contribution in [3.05, 3.63) is 23.3 Å². The number of primary sulfonamides is 1. The molecule has 0 radical (unpaired) electrons. The van der Waals surface area contributed by atoms with Crippen LogP contribution in [0.25, 0.3) is 0 Å². The molecule has 96 valence electrons. The maximum absolute atomic E-state index is 11.5. The van der Waals surface area contributed by atoms with E-state index in [9.17, 15) is 8.42 Å². The minimum absolute atomic E-state index is 0.0636. The third kappa shape index (κ3) is 3.20. The van der Waals surface area contributed by atoms with Gasteiger partial charge in [0.15, 0.2) is 0 Å². The summed E-state index contributed by atoms with van der Waals surface area (Å²) in [6.45, 7) is 8.16. The van der Waals surface area contributed by atoms with Crippen LogP contribution in [0.15, 0.2) is 17.0 Å². The second-order valence-corrected chi connectivity index (χ2v) is 5.82. The molecule has 0 saturated heterocycles. The van der Waals surface area contributed by atoms with Crippen LogP contribution in [0, 0.1) is 6.92 Å². The zero-order chi connectivity index (χ0) is 13.2. The summed E-state index contributed by atoms with van der Waals surface area (Å²) >= 11 is 0. The van der Waals surface area contributed by atoms with Crippen LogP contribution in [0.5, 0.6) is 5.75 Å². The molecule has 17 heavy (non-hydrogen) atoms. The molecule has 1 rings (SSSR count). The SMILES string of the molecule is CCOc1cc(C)c(C(C)C)cc1S(N)(=O)=O. The van der Waals surface area contributed by atoms with Crippen LogP contribution in [0.1, 0.15) is 37.8 Å². The number of ether oxygens (including phenoxy) is 1. The zero-order valence-corrected chi connectivity index (χ0v) is 11.5. The van der Waals surface area contributed by atoms with Gasteiger partial charge in [0, 0.05) is 0 Å². The van der Waals surface area contributed by atoms with Gasteiger partial charge in [-0.1, -0.05) is 13.8 Å². The highest BCUT2D eigenvalue weighted by molar-refractivity contribution is 7.89. The first-order valence-electron chi connectivity index (χ1n) is 5.57. The Bertz CT molecular complexity index is 507. The third-order valence-electron chi connectivity index (χ3n) is 2.56. The van der Waals surface area contributed by atoms with Gasteiger partial charge in [-0.2, -0.15) is 0 Å². The highest BCUT2D eigenvalue weighted by Crippen LogP contribution is 2.30. The van der Waals surface area contributed by atoms with Crippen LogP contribution in [-0.4, -0.2) is 15.0 Å². The van der Waals surface area contributed by atoms with Crippen molar-refractivity contribution in [3.8, 4) is 5.75 Å². The minimum Gasteiger partial charge on any atom is -0.492 e. The molecule has 0 bridgehead atoms. The summed E-state index contributed by atoms with van der Waals surface area (Å²) in [4.78, 5) is 0.0636. The Kier molecular flexibility index (Phi) is 4.16. The number of nitrogens with two attached hydrogens (primary N) is 1. The van der Waals surface area contributed by atoms with Crippen LogP contribution in [-0.2, 0) is 10.0 Å². The first-order valence-corrected chi connectivity index (χ1v) is 7.12. The monoisotopic (exact) mass is 257 g/mol. The van der Waals surface area contributed by atoms with Crippen molar-refractivity contribution in [2.45, 2.75) is 38.5 Å². The lowest BCUT2D eigenvalue weighted by Crippen LogP contribution is -2.15. The Labute approximate surface area is 103 Å². The molecule has 0 heterocycles. The van der Waals surface area contributed by atoms with E-state index in [4.69, 9.17) is 9.88 Å². The minimum atomic E-state index is -3.75. The Morgan fingerprint density at radius 2 is 1.94 bits per heavy atom. The Morgan fingerprint density at radius 1 is 1.35 bits per heavy atom. The number of sulfonamides is 1. The molecule has 0 saturated carbocycles. The van der Waals surface area contributed by atoms with Crippen molar-refractivity contribution in [1.29, 1.82) is 0 Å². The van der Waals surface area contributed by atoms with Gasteiger partial charge in [0.05, 0.1) is 6.61 Å². The van der Waals surface area contributed by atoms with Crippen molar-refractivity contribution in [1.82, 2.24) is 0 Å². The van der Waals surface area contributed by atoms with E-state index in [0.717, 1.165) is 11.1 Å². The van der Waals surface area contributed by atoms with E-state index in [2.05, 4.69) is 0 Å². The van der Waals surface area contributed by atoms with Crippen molar-refractivity contribution in [2.75, 3.05) is 6.61 Å². The molecule has 0 unspecified atom stereocenters. The Hall–Kier alpha value is -1.07. The number of benzene rings is 1. The average molecular weight is 257 g/mol. The van der Waals surface area contributed by atoms with Crippen molar-refractivity contribution in [2.24, 2.45) is 5.14 Å². The first-order chi connectivity index (χ1) is 7.77. The highest BCUT2D eigenvalue weighted by atomic mass is 32.2. The van der Waals surface area contributed by atoms with Gasteiger partial charge in [0.2, 0.25) is 10.0 Å². The van der Waals surface area contributed by atoms with Gasteiger partial charge in [-0.05, 0) is 43.0 Å². The van der Waals surface area contributed by atoms with Crippen LogP contribution >= 0.6 is 0 Å². The summed E-state index contributed by atoms with van der Waals surface area (Å²) < 4.78 is 28.3. The van der Waals surface area contributed by atoms with Gasteiger partial charge >= 0.3 is 0 Å². The van der Waals surface area contributed by atoms with Gasteiger partial charge in [0.1, 0.15) is 10.6 Å². The third-order valence-corrected chi connectivity index (χ3v) is 3.49. The predicted molar refractivity (Wildman–Crippen MR) is 67.8 cm³/mol. The maximum atomic E-state index is 11.5. The quantitative estimate of drug-likeness (QED) is 0.898. The molecule has 1 aromatic rings. The van der Waals surface area contributed by atoms with Crippen LogP contribution in [0.4, 0.5) is 0 Å². The number of hydrogen-bond donors (Lipinski definition) is 1. The second kappa shape index (κ2) is 5.06. The van der Waals surface area contributed by atoms with E-state index in [1.165, 1.54) is 0 Å². The lowest BCUT2D eigenvalue weighted by atomic mass is 9.98. The van der Waals surface area contributed by atoms with Crippen LogP contribution in [0.2, 0.25) is 0 Å². The van der Waals surface area contributed by atoms with Crippen LogP contribution < -0.4 is 9.88 Å². The predicted octanol–water partition coefficient (Wildman–Crippen LogP) is 2.16. The van der Waals surface area contributed by atoms with Gasteiger partial charge in [-0.15, -0.1) is 0 Å². The molecular formula is C12H19NO3S. The fraction of sp³-hybridized carbons (Fsp3) is 0.500. The summed E-state index contributed by atoms with van der Waals surface area (Å²) in [6.07, 6.45) is 0. The molecular weight excluding hydrogens is 238 g/mol. The molecule has 0 spiro atoms. The topological polar surface area (TPSA) is 69.4 Å². The zero-order valence-electron chi connectivity index (χ0n) is 10.6. The molecule has 4 nitrogen and oxygen atoms in total. The van der Waals surface area contributed by atoms with E-state index >= 15 is 0 Å². The van der Waals surface area contributed by atoms with Crippen molar-refractivity contribution >= 4 is 10.0 Å². The molecule has 0 aliphatic rings. The molecule has 0 aromatic heterocycles. The number of aryl methyl sites for hydroxylation is 1. The van der Waals surface area contributed by atoms with E-state index in [1.807, 2.05) is 20.8 Å². The fourth-order valence-electron chi connectivity index (χ4n) is 1.79. The summed E-state index contributed by atoms with van der Waals surface area (Å²) in [6, 6.07) is 3.35. The largest absolute Gasteiger partial charge is 0.492 e. The van der Waals surface area contributed by atoms with Gasteiger partial charge in [-0.3, -0.25) is 0 Å². The summed E-state index contributed by atoms with van der Waals surface area (Å²) in [7, 11) is -3.75.